The first-order valence-electron chi connectivity index (χ1n) is 5.37. The Balaban J connectivity index is 2.64. The summed E-state index contributed by atoms with van der Waals surface area (Å²) in [6.07, 6.45) is 0.726. The molecule has 0 aliphatic heterocycles. The van der Waals surface area contributed by atoms with E-state index in [1.807, 2.05) is 44.2 Å². The molecule has 16 heavy (non-hydrogen) atoms. The summed E-state index contributed by atoms with van der Waals surface area (Å²) >= 11 is 0. The highest BCUT2D eigenvalue weighted by Crippen LogP contribution is 2.20. The molecule has 0 atom stereocenters. The molecule has 0 saturated carbocycles. The van der Waals surface area contributed by atoms with Crippen molar-refractivity contribution in [3.63, 3.8) is 0 Å². The second kappa shape index (κ2) is 4.31. The molecule has 0 saturated heterocycles. The topological polar surface area (TPSA) is 45.8 Å². The Morgan fingerprint density at radius 3 is 2.56 bits per heavy atom. The minimum atomic E-state index is -0.0836. The van der Waals surface area contributed by atoms with Crippen LogP contribution >= 0.6 is 0 Å². The molecule has 1 aromatic carbocycles. The molecule has 0 aliphatic carbocycles. The lowest BCUT2D eigenvalue weighted by atomic mass is 10.0. The third kappa shape index (κ3) is 1.76. The van der Waals surface area contributed by atoms with Gasteiger partial charge in [-0.3, -0.25) is 4.79 Å². The van der Waals surface area contributed by atoms with E-state index in [1.165, 1.54) is 0 Å². The predicted molar refractivity (Wildman–Crippen MR) is 64.4 cm³/mol. The highest BCUT2D eigenvalue weighted by Gasteiger charge is 2.09. The molecule has 0 amide bonds. The highest BCUT2D eigenvalue weighted by atomic mass is 16.1. The van der Waals surface area contributed by atoms with Crippen molar-refractivity contribution in [3.05, 3.63) is 51.8 Å². The van der Waals surface area contributed by atoms with Crippen LogP contribution in [0.25, 0.3) is 11.3 Å². The quantitative estimate of drug-likeness (QED) is 0.833. The van der Waals surface area contributed by atoms with Crippen LogP contribution in [0, 0.1) is 6.92 Å². The van der Waals surface area contributed by atoms with Crippen LogP contribution in [-0.4, -0.2) is 10.2 Å². The second-order valence-electron chi connectivity index (χ2n) is 3.72. The zero-order chi connectivity index (χ0) is 11.5. The van der Waals surface area contributed by atoms with Gasteiger partial charge in [0.25, 0.3) is 5.56 Å². The average molecular weight is 214 g/mol. The van der Waals surface area contributed by atoms with Gasteiger partial charge in [-0.05, 0) is 18.9 Å². The number of benzene rings is 1. The van der Waals surface area contributed by atoms with E-state index in [-0.39, 0.29) is 5.56 Å². The van der Waals surface area contributed by atoms with Crippen molar-refractivity contribution >= 4 is 0 Å². The Hall–Kier alpha value is -1.90. The number of hydrogen-bond donors (Lipinski definition) is 1. The summed E-state index contributed by atoms with van der Waals surface area (Å²) in [4.78, 5) is 11.5. The van der Waals surface area contributed by atoms with Gasteiger partial charge in [0, 0.05) is 11.1 Å². The summed E-state index contributed by atoms with van der Waals surface area (Å²) in [6.45, 7) is 3.93. The third-order valence-electron chi connectivity index (χ3n) is 2.75. The molecule has 0 aliphatic rings. The zero-order valence-electron chi connectivity index (χ0n) is 9.45. The molecule has 1 aromatic heterocycles. The average Bonchev–Trinajstić information content (AvgIpc) is 2.31. The summed E-state index contributed by atoms with van der Waals surface area (Å²) in [5, 5.41) is 6.67. The molecule has 2 aromatic rings. The van der Waals surface area contributed by atoms with Crippen molar-refractivity contribution in [2.45, 2.75) is 20.3 Å². The Labute approximate surface area is 94.2 Å². The Morgan fingerprint density at radius 1 is 1.25 bits per heavy atom. The first-order valence-corrected chi connectivity index (χ1v) is 5.37. The molecule has 0 unspecified atom stereocenters. The van der Waals surface area contributed by atoms with Crippen LogP contribution in [0.3, 0.4) is 0 Å². The molecule has 1 heterocycles. The molecule has 82 valence electrons. The van der Waals surface area contributed by atoms with Crippen LogP contribution in [0.5, 0.6) is 0 Å². The third-order valence-corrected chi connectivity index (χ3v) is 2.75. The smallest absolute Gasteiger partial charge is 0.267 e. The van der Waals surface area contributed by atoms with Gasteiger partial charge >= 0.3 is 0 Å². The van der Waals surface area contributed by atoms with E-state index in [0.717, 1.165) is 28.8 Å². The summed E-state index contributed by atoms with van der Waals surface area (Å²) < 4.78 is 0. The van der Waals surface area contributed by atoms with Crippen molar-refractivity contribution < 1.29 is 0 Å². The summed E-state index contributed by atoms with van der Waals surface area (Å²) in [6, 6.07) is 9.88. The van der Waals surface area contributed by atoms with E-state index in [0.29, 0.717) is 0 Å². The minimum absolute atomic E-state index is 0.0836. The van der Waals surface area contributed by atoms with Gasteiger partial charge < -0.3 is 0 Å². The van der Waals surface area contributed by atoms with Crippen molar-refractivity contribution in [2.24, 2.45) is 0 Å². The molecular formula is C13H14N2O. The van der Waals surface area contributed by atoms with Gasteiger partial charge in [0.1, 0.15) is 0 Å². The molecule has 3 nitrogen and oxygen atoms in total. The lowest BCUT2D eigenvalue weighted by Gasteiger charge is -2.07. The normalized spacial score (nSPS) is 10.4. The van der Waals surface area contributed by atoms with Crippen LogP contribution < -0.4 is 5.56 Å². The Bertz CT molecular complexity index is 544. The summed E-state index contributed by atoms with van der Waals surface area (Å²) in [5.74, 6) is 0. The number of rotatable bonds is 2. The first kappa shape index (κ1) is 10.6. The predicted octanol–water partition coefficient (Wildman–Crippen LogP) is 2.31. The number of nitrogens with zero attached hydrogens (tertiary/aromatic N) is 1. The minimum Gasteiger partial charge on any atom is -0.268 e. The Morgan fingerprint density at radius 2 is 1.94 bits per heavy atom. The molecule has 0 fully saturated rings. The lowest BCUT2D eigenvalue weighted by Crippen LogP contribution is -2.16. The monoisotopic (exact) mass is 214 g/mol. The SMILES string of the molecule is CCc1c(C)c(-c2ccccc2)n[nH]c1=O. The summed E-state index contributed by atoms with van der Waals surface area (Å²) in [5.41, 5.74) is 3.59. The standard InChI is InChI=1S/C13H14N2O/c1-3-11-9(2)12(14-15-13(11)16)10-7-5-4-6-8-10/h4-8H,3H2,1-2H3,(H,15,16). The molecule has 3 heteroatoms. The van der Waals surface area contributed by atoms with Crippen LogP contribution in [0.4, 0.5) is 0 Å². The fourth-order valence-corrected chi connectivity index (χ4v) is 1.87. The van der Waals surface area contributed by atoms with Crippen molar-refractivity contribution in [1.29, 1.82) is 0 Å². The molecule has 1 N–H and O–H groups in total. The van der Waals surface area contributed by atoms with E-state index >= 15 is 0 Å². The van der Waals surface area contributed by atoms with Crippen molar-refractivity contribution in [1.82, 2.24) is 10.2 Å². The largest absolute Gasteiger partial charge is 0.268 e. The van der Waals surface area contributed by atoms with Gasteiger partial charge in [-0.2, -0.15) is 5.10 Å². The highest BCUT2D eigenvalue weighted by molar-refractivity contribution is 5.63. The van der Waals surface area contributed by atoms with Crippen LogP contribution in [0.2, 0.25) is 0 Å². The molecule has 2 rings (SSSR count). The van der Waals surface area contributed by atoms with E-state index in [2.05, 4.69) is 10.2 Å². The maximum Gasteiger partial charge on any atom is 0.267 e. The van der Waals surface area contributed by atoms with Crippen LogP contribution in [0.15, 0.2) is 35.1 Å². The fourth-order valence-electron chi connectivity index (χ4n) is 1.87. The van der Waals surface area contributed by atoms with Gasteiger partial charge in [0.05, 0.1) is 5.69 Å². The lowest BCUT2D eigenvalue weighted by molar-refractivity contribution is 0.925. The maximum atomic E-state index is 11.5. The number of aromatic nitrogens is 2. The fraction of sp³-hybridized carbons (Fsp3) is 0.231. The van der Waals surface area contributed by atoms with Crippen LogP contribution in [-0.2, 0) is 6.42 Å². The molecule has 0 spiro atoms. The van der Waals surface area contributed by atoms with Gasteiger partial charge in [0.2, 0.25) is 0 Å². The van der Waals surface area contributed by atoms with E-state index in [1.54, 1.807) is 0 Å². The molecular weight excluding hydrogens is 200 g/mol. The Kier molecular flexibility index (Phi) is 2.86. The van der Waals surface area contributed by atoms with Crippen molar-refractivity contribution in [2.75, 3.05) is 0 Å². The van der Waals surface area contributed by atoms with E-state index < -0.39 is 0 Å². The number of H-pyrrole nitrogens is 1. The first-order chi connectivity index (χ1) is 7.74. The number of hydrogen-bond acceptors (Lipinski definition) is 2. The second-order valence-corrected chi connectivity index (χ2v) is 3.72. The summed E-state index contributed by atoms with van der Waals surface area (Å²) in [7, 11) is 0. The maximum absolute atomic E-state index is 11.5. The van der Waals surface area contributed by atoms with E-state index in [4.69, 9.17) is 0 Å². The van der Waals surface area contributed by atoms with Gasteiger partial charge in [-0.1, -0.05) is 37.3 Å². The van der Waals surface area contributed by atoms with Gasteiger partial charge in [0.15, 0.2) is 0 Å². The van der Waals surface area contributed by atoms with E-state index in [9.17, 15) is 4.79 Å². The van der Waals surface area contributed by atoms with Crippen LogP contribution in [0.1, 0.15) is 18.1 Å². The molecule has 0 radical (unpaired) electrons. The zero-order valence-corrected chi connectivity index (χ0v) is 9.45. The van der Waals surface area contributed by atoms with Crippen molar-refractivity contribution in [3.8, 4) is 11.3 Å². The number of aromatic amines is 1. The molecule has 0 bridgehead atoms. The van der Waals surface area contributed by atoms with Gasteiger partial charge in [-0.15, -0.1) is 0 Å². The van der Waals surface area contributed by atoms with Gasteiger partial charge in [-0.25, -0.2) is 5.10 Å². The number of nitrogens with one attached hydrogen (secondary N) is 1.